The summed E-state index contributed by atoms with van der Waals surface area (Å²) in [5.41, 5.74) is 3.03. The van der Waals surface area contributed by atoms with Gasteiger partial charge in [0.05, 0.1) is 26.3 Å². The van der Waals surface area contributed by atoms with Gasteiger partial charge in [0.25, 0.3) is 0 Å². The lowest BCUT2D eigenvalue weighted by molar-refractivity contribution is 0.0734. The lowest BCUT2D eigenvalue weighted by atomic mass is 10.0. The third-order valence-electron chi connectivity index (χ3n) is 5.26. The van der Waals surface area contributed by atoms with Gasteiger partial charge in [-0.05, 0) is 55.3 Å². The topological polar surface area (TPSA) is 72.2 Å². The van der Waals surface area contributed by atoms with Crippen LogP contribution in [0, 0.1) is 0 Å². The molecule has 5 nitrogen and oxygen atoms in total. The van der Waals surface area contributed by atoms with Crippen LogP contribution in [0.25, 0.3) is 28.1 Å². The molecule has 0 saturated carbocycles. The van der Waals surface area contributed by atoms with Crippen molar-refractivity contribution >= 4 is 33.0 Å². The van der Waals surface area contributed by atoms with E-state index < -0.39 is 15.4 Å². The van der Waals surface area contributed by atoms with Crippen LogP contribution < -0.4 is 0 Å². The highest BCUT2D eigenvalue weighted by Crippen LogP contribution is 2.35. The van der Waals surface area contributed by atoms with E-state index in [4.69, 9.17) is 23.2 Å². The van der Waals surface area contributed by atoms with Gasteiger partial charge in [-0.2, -0.15) is 5.10 Å². The van der Waals surface area contributed by atoms with Crippen LogP contribution in [0.1, 0.15) is 19.5 Å². The quantitative estimate of drug-likeness (QED) is 0.356. The van der Waals surface area contributed by atoms with Crippen LogP contribution in [0.5, 0.6) is 0 Å². The van der Waals surface area contributed by atoms with Gasteiger partial charge in [-0.1, -0.05) is 65.7 Å². The predicted molar refractivity (Wildman–Crippen MR) is 133 cm³/mol. The summed E-state index contributed by atoms with van der Waals surface area (Å²) in [4.78, 5) is 0.269. The molecule has 170 valence electrons. The zero-order chi connectivity index (χ0) is 24.0. The number of nitrogens with zero attached hydrogens (tertiary/aromatic N) is 2. The molecule has 0 saturated heterocycles. The van der Waals surface area contributed by atoms with E-state index in [1.54, 1.807) is 61.0 Å². The van der Waals surface area contributed by atoms with Gasteiger partial charge >= 0.3 is 0 Å². The lowest BCUT2D eigenvalue weighted by Gasteiger charge is -2.14. The average molecular weight is 501 g/mol. The smallest absolute Gasteiger partial charge is 0.175 e. The third-order valence-corrected chi connectivity index (χ3v) is 6.98. The molecule has 0 spiro atoms. The van der Waals surface area contributed by atoms with E-state index in [1.807, 2.05) is 30.3 Å². The number of para-hydroxylation sites is 1. The Morgan fingerprint density at radius 3 is 2.00 bits per heavy atom. The van der Waals surface area contributed by atoms with Crippen LogP contribution in [-0.4, -0.2) is 29.6 Å². The maximum absolute atomic E-state index is 11.9. The monoisotopic (exact) mass is 500 g/mol. The highest BCUT2D eigenvalue weighted by atomic mass is 35.5. The molecule has 8 heteroatoms. The molecule has 0 aliphatic rings. The van der Waals surface area contributed by atoms with Crippen molar-refractivity contribution < 1.29 is 13.5 Å². The normalized spacial score (nSPS) is 12.2. The average Bonchev–Trinajstić information content (AvgIpc) is 3.19. The Kier molecular flexibility index (Phi) is 6.14. The van der Waals surface area contributed by atoms with Crippen LogP contribution in [-0.2, 0) is 15.4 Å². The second-order valence-corrected chi connectivity index (χ2v) is 11.2. The van der Waals surface area contributed by atoms with Crippen LogP contribution in [0.2, 0.25) is 10.0 Å². The first-order valence-corrected chi connectivity index (χ1v) is 12.8. The molecule has 0 amide bonds. The molecule has 1 aromatic heterocycles. The first-order valence-electron chi connectivity index (χ1n) is 10.1. The summed E-state index contributed by atoms with van der Waals surface area (Å²) in [5.74, 6) is 0. The molecule has 4 aromatic rings. The van der Waals surface area contributed by atoms with Gasteiger partial charge in [-0.15, -0.1) is 0 Å². The van der Waals surface area contributed by atoms with Gasteiger partial charge in [-0.3, -0.25) is 0 Å². The largest absolute Gasteiger partial charge is 0.384 e. The summed E-state index contributed by atoms with van der Waals surface area (Å²) in [6, 6.07) is 21.5. The fourth-order valence-electron chi connectivity index (χ4n) is 3.49. The first-order chi connectivity index (χ1) is 15.4. The molecule has 1 heterocycles. The minimum Gasteiger partial charge on any atom is -0.384 e. The van der Waals surface area contributed by atoms with Crippen LogP contribution in [0.15, 0.2) is 77.7 Å². The molecule has 0 aliphatic carbocycles. The van der Waals surface area contributed by atoms with Gasteiger partial charge in [-0.25, -0.2) is 13.1 Å². The van der Waals surface area contributed by atoms with Crippen molar-refractivity contribution in [1.29, 1.82) is 0 Å². The molecule has 0 unspecified atom stereocenters. The molecule has 0 fully saturated rings. The second-order valence-electron chi connectivity index (χ2n) is 8.33. The predicted octanol–water partition coefficient (Wildman–Crippen LogP) is 6.14. The summed E-state index contributed by atoms with van der Waals surface area (Å²) < 4.78 is 25.5. The summed E-state index contributed by atoms with van der Waals surface area (Å²) in [6.07, 6.45) is 1.19. The Balaban J connectivity index is 1.83. The zero-order valence-electron chi connectivity index (χ0n) is 18.3. The molecule has 0 aliphatic heterocycles. The fraction of sp³-hybridized carbons (Fsp3) is 0.160. The molecule has 0 atom stereocenters. The third kappa shape index (κ3) is 4.84. The number of aliphatic hydroxyl groups is 1. The van der Waals surface area contributed by atoms with E-state index in [0.29, 0.717) is 27.1 Å². The fourth-order valence-corrected chi connectivity index (χ4v) is 4.71. The van der Waals surface area contributed by atoms with E-state index in [1.165, 1.54) is 6.26 Å². The lowest BCUT2D eigenvalue weighted by Crippen LogP contribution is -2.16. The summed E-state index contributed by atoms with van der Waals surface area (Å²) in [5, 5.41) is 16.0. The maximum atomic E-state index is 11.9. The van der Waals surface area contributed by atoms with E-state index in [2.05, 4.69) is 5.10 Å². The molecular formula is C25H22Cl2N2O3S. The standard InChI is InChI=1S/C25H22Cl2N2O3S/c1-25(2,30)23-15-22(29(28-23)24-20(26)8-5-9-21(24)27)17-12-10-16(11-13-17)18-6-4-7-19(14-18)33(3,31)32/h4-15,30H,1-3H3. The summed E-state index contributed by atoms with van der Waals surface area (Å²) >= 11 is 12.9. The van der Waals surface area contributed by atoms with E-state index in [0.717, 1.165) is 16.7 Å². The van der Waals surface area contributed by atoms with Crippen molar-refractivity contribution in [2.24, 2.45) is 0 Å². The molecule has 3 aromatic carbocycles. The SMILES string of the molecule is CC(C)(O)c1cc(-c2ccc(-c3cccc(S(C)(=O)=O)c3)cc2)n(-c2c(Cl)cccc2Cl)n1. The number of rotatable bonds is 5. The number of hydrogen-bond acceptors (Lipinski definition) is 4. The minimum absolute atomic E-state index is 0.269. The van der Waals surface area contributed by atoms with Gasteiger partial charge in [0.15, 0.2) is 9.84 Å². The second kappa shape index (κ2) is 8.61. The molecule has 4 rings (SSSR count). The van der Waals surface area contributed by atoms with Crippen molar-refractivity contribution in [1.82, 2.24) is 9.78 Å². The zero-order valence-corrected chi connectivity index (χ0v) is 20.6. The van der Waals surface area contributed by atoms with E-state index in [9.17, 15) is 13.5 Å². The summed E-state index contributed by atoms with van der Waals surface area (Å²) in [7, 11) is -3.30. The number of hydrogen-bond donors (Lipinski definition) is 1. The van der Waals surface area contributed by atoms with Gasteiger partial charge in [0, 0.05) is 11.8 Å². The van der Waals surface area contributed by atoms with Crippen molar-refractivity contribution in [2.45, 2.75) is 24.3 Å². The number of sulfone groups is 1. The highest BCUT2D eigenvalue weighted by Gasteiger charge is 2.24. The maximum Gasteiger partial charge on any atom is 0.175 e. The Bertz CT molecular complexity index is 1420. The van der Waals surface area contributed by atoms with E-state index >= 15 is 0 Å². The number of halogens is 2. The van der Waals surface area contributed by atoms with Crippen molar-refractivity contribution in [3.8, 4) is 28.1 Å². The van der Waals surface area contributed by atoms with Crippen molar-refractivity contribution in [3.05, 3.63) is 88.5 Å². The van der Waals surface area contributed by atoms with Crippen molar-refractivity contribution in [2.75, 3.05) is 6.26 Å². The van der Waals surface area contributed by atoms with Gasteiger partial charge in [0.1, 0.15) is 11.3 Å². The first kappa shape index (κ1) is 23.5. The van der Waals surface area contributed by atoms with Crippen LogP contribution >= 0.6 is 23.2 Å². The number of benzene rings is 3. The Hall–Kier alpha value is -2.64. The summed E-state index contributed by atoms with van der Waals surface area (Å²) in [6.45, 7) is 3.32. The van der Waals surface area contributed by atoms with Crippen LogP contribution in [0.4, 0.5) is 0 Å². The van der Waals surface area contributed by atoms with Crippen molar-refractivity contribution in [3.63, 3.8) is 0 Å². The van der Waals surface area contributed by atoms with E-state index in [-0.39, 0.29) is 4.90 Å². The Morgan fingerprint density at radius 1 is 0.848 bits per heavy atom. The molecular weight excluding hydrogens is 479 g/mol. The minimum atomic E-state index is -3.30. The molecule has 0 radical (unpaired) electrons. The molecule has 33 heavy (non-hydrogen) atoms. The number of aromatic nitrogens is 2. The highest BCUT2D eigenvalue weighted by molar-refractivity contribution is 7.90. The van der Waals surface area contributed by atoms with Gasteiger partial charge in [0.2, 0.25) is 0 Å². The Morgan fingerprint density at radius 2 is 1.42 bits per heavy atom. The van der Waals surface area contributed by atoms with Gasteiger partial charge < -0.3 is 5.11 Å². The Labute approximate surface area is 203 Å². The van der Waals surface area contributed by atoms with Crippen LogP contribution in [0.3, 0.4) is 0 Å². The molecule has 1 N–H and O–H groups in total. The molecule has 0 bridgehead atoms.